The molecule has 0 amide bonds. The molecule has 2 aromatic carbocycles. The quantitative estimate of drug-likeness (QED) is 0.235. The Labute approximate surface area is 180 Å². The SMILES string of the molecule is CN=C(NCCOc1ccccc1)NCc1ccc(OC)cc1OC(F)F.I. The summed E-state index contributed by atoms with van der Waals surface area (Å²) in [5.41, 5.74) is 0.555. The van der Waals surface area contributed by atoms with Crippen LogP contribution in [-0.2, 0) is 6.54 Å². The van der Waals surface area contributed by atoms with Gasteiger partial charge in [-0.3, -0.25) is 4.99 Å². The van der Waals surface area contributed by atoms with Gasteiger partial charge in [-0.25, -0.2) is 0 Å². The van der Waals surface area contributed by atoms with Crippen LogP contribution in [0, 0.1) is 0 Å². The topological polar surface area (TPSA) is 64.1 Å². The summed E-state index contributed by atoms with van der Waals surface area (Å²) in [6, 6.07) is 14.2. The number of rotatable bonds is 9. The van der Waals surface area contributed by atoms with Crippen molar-refractivity contribution >= 4 is 29.9 Å². The zero-order valence-corrected chi connectivity index (χ0v) is 18.0. The molecule has 28 heavy (non-hydrogen) atoms. The van der Waals surface area contributed by atoms with E-state index in [2.05, 4.69) is 20.4 Å². The van der Waals surface area contributed by atoms with E-state index in [0.717, 1.165) is 5.75 Å². The molecule has 0 saturated heterocycles. The molecule has 0 aliphatic carbocycles. The average molecular weight is 507 g/mol. The van der Waals surface area contributed by atoms with Crippen LogP contribution in [0.5, 0.6) is 17.2 Å². The monoisotopic (exact) mass is 507 g/mol. The average Bonchev–Trinajstić information content (AvgIpc) is 2.68. The second kappa shape index (κ2) is 13.0. The van der Waals surface area contributed by atoms with Crippen LogP contribution in [0.2, 0.25) is 0 Å². The predicted octanol–water partition coefficient (Wildman–Crippen LogP) is 3.66. The summed E-state index contributed by atoms with van der Waals surface area (Å²) in [5, 5.41) is 6.15. The molecule has 0 heterocycles. The Balaban J connectivity index is 0.00000392. The summed E-state index contributed by atoms with van der Waals surface area (Å²) in [6.45, 7) is -1.68. The van der Waals surface area contributed by atoms with E-state index in [1.807, 2.05) is 30.3 Å². The lowest BCUT2D eigenvalue weighted by atomic mass is 10.2. The van der Waals surface area contributed by atoms with E-state index < -0.39 is 6.61 Å². The molecule has 6 nitrogen and oxygen atoms in total. The second-order valence-corrected chi connectivity index (χ2v) is 5.37. The maximum Gasteiger partial charge on any atom is 0.387 e. The molecule has 2 aromatic rings. The molecule has 0 aromatic heterocycles. The van der Waals surface area contributed by atoms with Gasteiger partial charge in [0.25, 0.3) is 0 Å². The van der Waals surface area contributed by atoms with Crippen molar-refractivity contribution in [2.75, 3.05) is 27.3 Å². The lowest BCUT2D eigenvalue weighted by molar-refractivity contribution is -0.0505. The normalized spacial score (nSPS) is 10.8. The molecule has 9 heteroatoms. The van der Waals surface area contributed by atoms with Gasteiger partial charge in [0.15, 0.2) is 5.96 Å². The molecular weight excluding hydrogens is 483 g/mol. The lowest BCUT2D eigenvalue weighted by Gasteiger charge is -2.15. The molecular formula is C19H24F2IN3O3. The van der Waals surface area contributed by atoms with Crippen molar-refractivity contribution in [2.24, 2.45) is 4.99 Å². The highest BCUT2D eigenvalue weighted by molar-refractivity contribution is 14.0. The molecule has 2 rings (SSSR count). The third-order valence-corrected chi connectivity index (χ3v) is 3.57. The number of nitrogens with zero attached hydrogens (tertiary/aromatic N) is 1. The summed E-state index contributed by atoms with van der Waals surface area (Å²) in [7, 11) is 3.08. The number of ether oxygens (including phenoxy) is 3. The Kier molecular flexibility index (Phi) is 11.0. The number of aliphatic imine (C=N–C) groups is 1. The smallest absolute Gasteiger partial charge is 0.387 e. The van der Waals surface area contributed by atoms with Crippen molar-refractivity contribution in [3.63, 3.8) is 0 Å². The minimum atomic E-state index is -2.91. The summed E-state index contributed by atoms with van der Waals surface area (Å²) >= 11 is 0. The molecule has 0 radical (unpaired) electrons. The van der Waals surface area contributed by atoms with Gasteiger partial charge < -0.3 is 24.8 Å². The highest BCUT2D eigenvalue weighted by Crippen LogP contribution is 2.26. The molecule has 0 fully saturated rings. The largest absolute Gasteiger partial charge is 0.497 e. The minimum absolute atomic E-state index is 0. The summed E-state index contributed by atoms with van der Waals surface area (Å²) in [6.07, 6.45) is 0. The van der Waals surface area contributed by atoms with Crippen LogP contribution in [0.1, 0.15) is 5.56 Å². The zero-order chi connectivity index (χ0) is 19.5. The first kappa shape index (κ1) is 23.7. The first-order chi connectivity index (χ1) is 13.1. The Morgan fingerprint density at radius 1 is 1.07 bits per heavy atom. The fraction of sp³-hybridized carbons (Fsp3) is 0.316. The zero-order valence-electron chi connectivity index (χ0n) is 15.7. The number of methoxy groups -OCH3 is 1. The maximum atomic E-state index is 12.6. The Morgan fingerprint density at radius 2 is 1.82 bits per heavy atom. The number of nitrogens with one attached hydrogen (secondary N) is 2. The van der Waals surface area contributed by atoms with Crippen LogP contribution in [-0.4, -0.2) is 39.9 Å². The van der Waals surface area contributed by atoms with Crippen molar-refractivity contribution in [3.8, 4) is 17.2 Å². The van der Waals surface area contributed by atoms with Crippen molar-refractivity contribution in [3.05, 3.63) is 54.1 Å². The van der Waals surface area contributed by atoms with E-state index >= 15 is 0 Å². The highest BCUT2D eigenvalue weighted by atomic mass is 127. The second-order valence-electron chi connectivity index (χ2n) is 5.37. The third kappa shape index (κ3) is 8.15. The van der Waals surface area contributed by atoms with Gasteiger partial charge in [-0.1, -0.05) is 18.2 Å². The maximum absolute atomic E-state index is 12.6. The van der Waals surface area contributed by atoms with Gasteiger partial charge in [-0.15, -0.1) is 24.0 Å². The third-order valence-electron chi connectivity index (χ3n) is 3.57. The van der Waals surface area contributed by atoms with Crippen LogP contribution >= 0.6 is 24.0 Å². The summed E-state index contributed by atoms with van der Waals surface area (Å²) < 4.78 is 40.4. The Morgan fingerprint density at radius 3 is 2.46 bits per heavy atom. The van der Waals surface area contributed by atoms with Gasteiger partial charge in [-0.2, -0.15) is 8.78 Å². The standard InChI is InChI=1S/C19H23F2N3O3.HI/c1-22-19(23-10-11-26-15-6-4-3-5-7-15)24-13-14-8-9-16(25-2)12-17(14)27-18(20)21;/h3-9,12,18H,10-11,13H2,1-2H3,(H2,22,23,24);1H. The van der Waals surface area contributed by atoms with Crippen molar-refractivity contribution < 1.29 is 23.0 Å². The van der Waals surface area contributed by atoms with E-state index in [9.17, 15) is 8.78 Å². The fourth-order valence-corrected chi connectivity index (χ4v) is 2.27. The lowest BCUT2D eigenvalue weighted by Crippen LogP contribution is -2.39. The van der Waals surface area contributed by atoms with Gasteiger partial charge in [0.1, 0.15) is 23.9 Å². The van der Waals surface area contributed by atoms with E-state index in [4.69, 9.17) is 9.47 Å². The van der Waals surface area contributed by atoms with Gasteiger partial charge in [0.2, 0.25) is 0 Å². The Hall–Kier alpha value is -2.30. The molecule has 0 aliphatic heterocycles. The van der Waals surface area contributed by atoms with E-state index in [-0.39, 0.29) is 36.3 Å². The first-order valence-corrected chi connectivity index (χ1v) is 8.36. The van der Waals surface area contributed by atoms with Crippen LogP contribution in [0.15, 0.2) is 53.5 Å². The number of benzene rings is 2. The molecule has 0 saturated carbocycles. The molecule has 0 aliphatic rings. The number of para-hydroxylation sites is 1. The fourth-order valence-electron chi connectivity index (χ4n) is 2.27. The number of hydrogen-bond donors (Lipinski definition) is 2. The van der Waals surface area contributed by atoms with Gasteiger partial charge in [0, 0.05) is 25.2 Å². The number of halogens is 3. The van der Waals surface area contributed by atoms with Crippen LogP contribution in [0.4, 0.5) is 8.78 Å². The van der Waals surface area contributed by atoms with Gasteiger partial charge >= 0.3 is 6.61 Å². The van der Waals surface area contributed by atoms with E-state index in [0.29, 0.717) is 30.4 Å². The molecule has 0 spiro atoms. The number of guanidine groups is 1. The van der Waals surface area contributed by atoms with Crippen LogP contribution in [0.3, 0.4) is 0 Å². The van der Waals surface area contributed by atoms with Gasteiger partial charge in [-0.05, 0) is 24.3 Å². The van der Waals surface area contributed by atoms with E-state index in [1.165, 1.54) is 13.2 Å². The van der Waals surface area contributed by atoms with Crippen LogP contribution in [0.25, 0.3) is 0 Å². The molecule has 2 N–H and O–H groups in total. The first-order valence-electron chi connectivity index (χ1n) is 8.36. The minimum Gasteiger partial charge on any atom is -0.497 e. The van der Waals surface area contributed by atoms with E-state index in [1.54, 1.807) is 19.2 Å². The molecule has 0 atom stereocenters. The van der Waals surface area contributed by atoms with Crippen molar-refractivity contribution in [1.29, 1.82) is 0 Å². The molecule has 0 bridgehead atoms. The molecule has 0 unspecified atom stereocenters. The molecule has 154 valence electrons. The summed E-state index contributed by atoms with van der Waals surface area (Å²) in [5.74, 6) is 1.80. The number of alkyl halides is 2. The highest BCUT2D eigenvalue weighted by Gasteiger charge is 2.11. The summed E-state index contributed by atoms with van der Waals surface area (Å²) in [4.78, 5) is 4.10. The van der Waals surface area contributed by atoms with Gasteiger partial charge in [0.05, 0.1) is 13.7 Å². The predicted molar refractivity (Wildman–Crippen MR) is 115 cm³/mol. The number of hydrogen-bond acceptors (Lipinski definition) is 4. The van der Waals surface area contributed by atoms with Crippen LogP contribution < -0.4 is 24.8 Å². The van der Waals surface area contributed by atoms with Crippen molar-refractivity contribution in [2.45, 2.75) is 13.2 Å². The van der Waals surface area contributed by atoms with Crippen molar-refractivity contribution in [1.82, 2.24) is 10.6 Å². The Bertz CT molecular complexity index is 734.